The molecule has 0 aliphatic carbocycles. The first-order valence-corrected chi connectivity index (χ1v) is 36.2. The van der Waals surface area contributed by atoms with Gasteiger partial charge in [0, 0.05) is 19.3 Å². The molecular formula is C67H120O16P2. The fraction of sp³-hybridized carbons (Fsp3) is 0.776. The van der Waals surface area contributed by atoms with Crippen molar-refractivity contribution in [2.45, 2.75) is 296 Å². The Morgan fingerprint density at radius 1 is 0.329 bits per heavy atom. The summed E-state index contributed by atoms with van der Waals surface area (Å²) in [5, 5.41) is 20.5. The van der Waals surface area contributed by atoms with Crippen molar-refractivity contribution in [1.82, 2.24) is 0 Å². The van der Waals surface area contributed by atoms with Gasteiger partial charge >= 0.3 is 33.6 Å². The number of phosphoric acid groups is 2. The molecule has 5 unspecified atom stereocenters. The zero-order chi connectivity index (χ0) is 62.4. The summed E-state index contributed by atoms with van der Waals surface area (Å²) in [6, 6.07) is 0. The summed E-state index contributed by atoms with van der Waals surface area (Å²) < 4.78 is 60.8. The van der Waals surface area contributed by atoms with E-state index in [0.717, 1.165) is 128 Å². The van der Waals surface area contributed by atoms with Crippen LogP contribution in [0.4, 0.5) is 0 Å². The first-order chi connectivity index (χ1) is 41.2. The first kappa shape index (κ1) is 82.0. The second kappa shape index (κ2) is 61.2. The Morgan fingerprint density at radius 2 is 0.588 bits per heavy atom. The van der Waals surface area contributed by atoms with E-state index in [2.05, 4.69) is 93.7 Å². The van der Waals surface area contributed by atoms with E-state index >= 15 is 0 Å². The molecule has 0 aromatic heterocycles. The van der Waals surface area contributed by atoms with Gasteiger partial charge in [0.25, 0.3) is 0 Å². The molecule has 0 bridgehead atoms. The Bertz CT molecular complexity index is 1850. The topological polar surface area (TPSA) is 231 Å². The quantitative estimate of drug-likeness (QED) is 0.0146. The van der Waals surface area contributed by atoms with Gasteiger partial charge in [-0.05, 0) is 116 Å². The Morgan fingerprint density at radius 3 is 0.976 bits per heavy atom. The fourth-order valence-corrected chi connectivity index (χ4v) is 10.3. The van der Waals surface area contributed by atoms with Crippen molar-refractivity contribution in [2.75, 3.05) is 39.6 Å². The third-order valence-electron chi connectivity index (χ3n) is 13.9. The fourth-order valence-electron chi connectivity index (χ4n) is 8.72. The van der Waals surface area contributed by atoms with E-state index in [1.165, 1.54) is 89.9 Å². The standard InChI is InChI=1S/C67H120O16P2/c1-4-7-10-13-16-19-22-25-27-28-29-30-31-32-34-37-38-41-44-47-50-53-65(70)77-56-62(68)57-79-84(73,74)80-58-63(69)59-81-85(75,76)82-61-64(83-67(72)55-52-49-46-43-40-35-24-21-18-15-12-9-6-3)60-78-66(71)54-51-48-45-42-39-36-33-26-23-20-17-14-11-8-5-2/h16,19,21,24-27,29-30,32-34,62-64,68-69H,4-15,17-18,20,22-23,28,31,35-61H2,1-3H3,(H,73,74)(H,75,76)/b19-16-,24-21-,27-25-,30-29-,33-26-,34-32-. The molecule has 0 rings (SSSR count). The summed E-state index contributed by atoms with van der Waals surface area (Å²) in [5.74, 6) is -1.60. The van der Waals surface area contributed by atoms with Gasteiger partial charge in [-0.3, -0.25) is 32.5 Å². The largest absolute Gasteiger partial charge is 0.472 e. The number of hydrogen-bond acceptors (Lipinski definition) is 14. The van der Waals surface area contributed by atoms with Crippen molar-refractivity contribution in [3.63, 3.8) is 0 Å². The molecule has 5 atom stereocenters. The smallest absolute Gasteiger partial charge is 0.463 e. The lowest BCUT2D eigenvalue weighted by Crippen LogP contribution is -2.30. The molecule has 16 nitrogen and oxygen atoms in total. The minimum atomic E-state index is -4.92. The van der Waals surface area contributed by atoms with Crippen molar-refractivity contribution in [3.8, 4) is 0 Å². The average Bonchev–Trinajstić information content (AvgIpc) is 3.51. The Kier molecular flexibility index (Phi) is 59.1. The zero-order valence-electron chi connectivity index (χ0n) is 53.3. The number of aliphatic hydroxyl groups excluding tert-OH is 2. The van der Waals surface area contributed by atoms with E-state index in [4.69, 9.17) is 32.3 Å². The number of carbonyl (C=O) groups is 3. The van der Waals surface area contributed by atoms with E-state index < -0.39 is 91.5 Å². The highest BCUT2D eigenvalue weighted by atomic mass is 31.2. The predicted octanol–water partition coefficient (Wildman–Crippen LogP) is 18.0. The van der Waals surface area contributed by atoms with Gasteiger partial charge in [-0.2, -0.15) is 0 Å². The maximum Gasteiger partial charge on any atom is 0.472 e. The number of aliphatic hydroxyl groups is 2. The molecule has 4 N–H and O–H groups in total. The highest BCUT2D eigenvalue weighted by Crippen LogP contribution is 2.45. The molecule has 0 spiro atoms. The van der Waals surface area contributed by atoms with Crippen molar-refractivity contribution in [1.29, 1.82) is 0 Å². The molecule has 18 heteroatoms. The van der Waals surface area contributed by atoms with Crippen LogP contribution in [0.15, 0.2) is 72.9 Å². The molecule has 0 amide bonds. The maximum atomic E-state index is 12.9. The number of esters is 3. The number of phosphoric ester groups is 2. The second-order valence-electron chi connectivity index (χ2n) is 22.3. The van der Waals surface area contributed by atoms with E-state index in [0.29, 0.717) is 19.3 Å². The van der Waals surface area contributed by atoms with Gasteiger partial charge in [-0.1, -0.05) is 216 Å². The van der Waals surface area contributed by atoms with Gasteiger partial charge in [0.1, 0.15) is 25.4 Å². The number of carbonyl (C=O) groups excluding carboxylic acids is 3. The Balaban J connectivity index is 4.62. The third-order valence-corrected chi connectivity index (χ3v) is 15.8. The van der Waals surface area contributed by atoms with Crippen LogP contribution in [0.1, 0.15) is 278 Å². The summed E-state index contributed by atoms with van der Waals surface area (Å²) in [7, 11) is -9.77. The SMILES string of the molecule is CCCCC/C=C\C/C=C\C/C=C\C/C=C\CCCCCCCC(=O)OCC(O)COP(=O)(O)OCC(O)COP(=O)(O)OCC(COC(=O)CCCCCCC/C=C\CCCCCCCC)OC(=O)CCCCCCC/C=C\CCCCCC. The van der Waals surface area contributed by atoms with Crippen LogP contribution >= 0.6 is 15.6 Å². The summed E-state index contributed by atoms with van der Waals surface area (Å²) in [6.07, 6.45) is 62.4. The molecule has 0 radical (unpaired) electrons. The number of allylic oxidation sites excluding steroid dienone is 12. The Hall–Kier alpha value is -3.01. The molecule has 0 aliphatic heterocycles. The molecule has 0 saturated carbocycles. The lowest BCUT2D eigenvalue weighted by atomic mass is 10.1. The lowest BCUT2D eigenvalue weighted by molar-refractivity contribution is -0.161. The molecule has 0 heterocycles. The summed E-state index contributed by atoms with van der Waals surface area (Å²) in [4.78, 5) is 58.2. The lowest BCUT2D eigenvalue weighted by Gasteiger charge is -2.21. The molecule has 85 heavy (non-hydrogen) atoms. The van der Waals surface area contributed by atoms with Crippen LogP contribution in [0.3, 0.4) is 0 Å². The van der Waals surface area contributed by atoms with Crippen molar-refractivity contribution < 1.29 is 75.8 Å². The van der Waals surface area contributed by atoms with Crippen LogP contribution in [-0.4, -0.2) is 95.9 Å². The average molecular weight is 1240 g/mol. The van der Waals surface area contributed by atoms with Gasteiger partial charge in [-0.25, -0.2) is 9.13 Å². The van der Waals surface area contributed by atoms with Crippen LogP contribution in [-0.2, 0) is 55.8 Å². The summed E-state index contributed by atoms with van der Waals surface area (Å²) >= 11 is 0. The van der Waals surface area contributed by atoms with Gasteiger partial charge in [-0.15, -0.1) is 0 Å². The number of ether oxygens (including phenoxy) is 3. The normalized spacial score (nSPS) is 14.8. The number of hydrogen-bond donors (Lipinski definition) is 4. The number of rotatable bonds is 63. The van der Waals surface area contributed by atoms with Gasteiger partial charge in [0.15, 0.2) is 6.10 Å². The van der Waals surface area contributed by atoms with E-state index in [1.54, 1.807) is 0 Å². The van der Waals surface area contributed by atoms with Crippen LogP contribution < -0.4 is 0 Å². The second-order valence-corrected chi connectivity index (χ2v) is 25.2. The molecule has 0 saturated heterocycles. The summed E-state index contributed by atoms with van der Waals surface area (Å²) in [5.41, 5.74) is 0. The number of unbranched alkanes of at least 4 members (excludes halogenated alkanes) is 28. The molecule has 0 aromatic rings. The maximum absolute atomic E-state index is 12.9. The van der Waals surface area contributed by atoms with Crippen molar-refractivity contribution >= 4 is 33.6 Å². The first-order valence-electron chi connectivity index (χ1n) is 33.2. The van der Waals surface area contributed by atoms with Gasteiger partial charge in [0.2, 0.25) is 0 Å². The summed E-state index contributed by atoms with van der Waals surface area (Å²) in [6.45, 7) is 2.58. The highest BCUT2D eigenvalue weighted by molar-refractivity contribution is 7.47. The third kappa shape index (κ3) is 62.4. The van der Waals surface area contributed by atoms with E-state index in [9.17, 15) is 43.5 Å². The highest BCUT2D eigenvalue weighted by Gasteiger charge is 2.29. The predicted molar refractivity (Wildman–Crippen MR) is 344 cm³/mol. The van der Waals surface area contributed by atoms with Crippen LogP contribution in [0.2, 0.25) is 0 Å². The molecule has 0 aliphatic rings. The van der Waals surface area contributed by atoms with Gasteiger partial charge < -0.3 is 34.2 Å². The molecule has 494 valence electrons. The van der Waals surface area contributed by atoms with Gasteiger partial charge in [0.05, 0.1) is 26.4 Å². The van der Waals surface area contributed by atoms with Crippen LogP contribution in [0, 0.1) is 0 Å². The molecular weight excluding hydrogens is 1120 g/mol. The van der Waals surface area contributed by atoms with E-state index in [-0.39, 0.29) is 19.3 Å². The van der Waals surface area contributed by atoms with Crippen molar-refractivity contribution in [2.24, 2.45) is 0 Å². The zero-order valence-corrected chi connectivity index (χ0v) is 55.1. The molecule has 0 aromatic carbocycles. The molecule has 0 fully saturated rings. The minimum Gasteiger partial charge on any atom is -0.463 e. The minimum absolute atomic E-state index is 0.0942. The van der Waals surface area contributed by atoms with E-state index in [1.807, 2.05) is 0 Å². The van der Waals surface area contributed by atoms with Crippen molar-refractivity contribution in [3.05, 3.63) is 72.9 Å². The van der Waals surface area contributed by atoms with Crippen LogP contribution in [0.5, 0.6) is 0 Å². The Labute approximate surface area is 515 Å². The monoisotopic (exact) mass is 1240 g/mol. The van der Waals surface area contributed by atoms with Crippen LogP contribution in [0.25, 0.3) is 0 Å².